The maximum atomic E-state index is 12.6. The Bertz CT molecular complexity index is 1020. The molecule has 28 heavy (non-hydrogen) atoms. The Morgan fingerprint density at radius 3 is 2.54 bits per heavy atom. The van der Waals surface area contributed by atoms with Gasteiger partial charge in [-0.1, -0.05) is 24.6 Å². The van der Waals surface area contributed by atoms with Gasteiger partial charge in [0.15, 0.2) is 9.84 Å². The van der Waals surface area contributed by atoms with Crippen LogP contribution in [-0.4, -0.2) is 37.6 Å². The average Bonchev–Trinajstić information content (AvgIpc) is 3.06. The Labute approximate surface area is 163 Å². The van der Waals surface area contributed by atoms with Gasteiger partial charge >= 0.3 is 0 Å². The summed E-state index contributed by atoms with van der Waals surface area (Å²) in [5, 5.41) is 12.5. The standard InChI is InChI=1S/C20H22N2O5S/c1-3-28(26,27)16-8-9-18(23)17(11-16)21-20(25)14-10-19(24)22(12-14)15-6-4-13(2)5-7-15/h4-9,11,14,23H,3,10,12H2,1-2H3,(H,21,25). The summed E-state index contributed by atoms with van der Waals surface area (Å²) < 4.78 is 24.1. The molecule has 0 aromatic heterocycles. The highest BCUT2D eigenvalue weighted by Gasteiger charge is 2.35. The minimum absolute atomic E-state index is 0.0146. The summed E-state index contributed by atoms with van der Waals surface area (Å²) in [5.74, 6) is -1.52. The Kier molecular flexibility index (Phi) is 5.42. The lowest BCUT2D eigenvalue weighted by molar-refractivity contribution is -0.122. The third-order valence-electron chi connectivity index (χ3n) is 4.81. The number of hydrogen-bond acceptors (Lipinski definition) is 5. The zero-order valence-corrected chi connectivity index (χ0v) is 16.5. The Hall–Kier alpha value is -2.87. The second-order valence-corrected chi connectivity index (χ2v) is 9.09. The van der Waals surface area contributed by atoms with Gasteiger partial charge in [0.05, 0.1) is 22.3 Å². The van der Waals surface area contributed by atoms with E-state index in [0.717, 1.165) is 11.3 Å². The fourth-order valence-corrected chi connectivity index (χ4v) is 3.97. The molecule has 0 saturated carbocycles. The topological polar surface area (TPSA) is 104 Å². The van der Waals surface area contributed by atoms with E-state index in [1.807, 2.05) is 31.2 Å². The summed E-state index contributed by atoms with van der Waals surface area (Å²) in [6.45, 7) is 3.69. The minimum atomic E-state index is -3.47. The number of nitrogens with zero attached hydrogens (tertiary/aromatic N) is 1. The number of carbonyl (C=O) groups is 2. The maximum absolute atomic E-state index is 12.6. The predicted molar refractivity (Wildman–Crippen MR) is 106 cm³/mol. The van der Waals surface area contributed by atoms with Crippen LogP contribution in [0.15, 0.2) is 47.4 Å². The van der Waals surface area contributed by atoms with E-state index in [2.05, 4.69) is 5.32 Å². The van der Waals surface area contributed by atoms with Crippen molar-refractivity contribution in [1.29, 1.82) is 0 Å². The first-order valence-corrected chi connectivity index (χ1v) is 10.6. The lowest BCUT2D eigenvalue weighted by atomic mass is 10.1. The van der Waals surface area contributed by atoms with Crippen LogP contribution in [0, 0.1) is 12.8 Å². The molecule has 2 aromatic carbocycles. The smallest absolute Gasteiger partial charge is 0.229 e. The van der Waals surface area contributed by atoms with Gasteiger partial charge in [0.1, 0.15) is 5.75 Å². The van der Waals surface area contributed by atoms with Crippen molar-refractivity contribution < 1.29 is 23.1 Å². The van der Waals surface area contributed by atoms with Crippen LogP contribution in [0.5, 0.6) is 5.75 Å². The molecule has 1 aliphatic rings. The average molecular weight is 402 g/mol. The van der Waals surface area contributed by atoms with Gasteiger partial charge in [0, 0.05) is 18.7 Å². The van der Waals surface area contributed by atoms with Crippen LogP contribution in [0.4, 0.5) is 11.4 Å². The van der Waals surface area contributed by atoms with E-state index in [4.69, 9.17) is 0 Å². The number of phenolic OH excluding ortho intramolecular Hbond substituents is 1. The number of rotatable bonds is 5. The molecule has 2 amide bonds. The van der Waals surface area contributed by atoms with Crippen molar-refractivity contribution in [2.24, 2.45) is 5.92 Å². The van der Waals surface area contributed by atoms with Crippen LogP contribution >= 0.6 is 0 Å². The number of anilines is 2. The molecule has 0 spiro atoms. The molecule has 1 saturated heterocycles. The van der Waals surface area contributed by atoms with Crippen molar-refractivity contribution in [2.75, 3.05) is 22.5 Å². The van der Waals surface area contributed by atoms with E-state index in [9.17, 15) is 23.1 Å². The first-order valence-electron chi connectivity index (χ1n) is 8.95. The monoisotopic (exact) mass is 402 g/mol. The van der Waals surface area contributed by atoms with Gasteiger partial charge in [-0.3, -0.25) is 9.59 Å². The summed E-state index contributed by atoms with van der Waals surface area (Å²) in [5.41, 5.74) is 1.81. The van der Waals surface area contributed by atoms with Gasteiger partial charge in [-0.2, -0.15) is 0 Å². The van der Waals surface area contributed by atoms with Crippen LogP contribution in [0.25, 0.3) is 0 Å². The highest BCUT2D eigenvalue weighted by molar-refractivity contribution is 7.91. The van der Waals surface area contributed by atoms with E-state index < -0.39 is 21.7 Å². The number of sulfone groups is 1. The van der Waals surface area contributed by atoms with E-state index >= 15 is 0 Å². The van der Waals surface area contributed by atoms with Crippen LogP contribution in [0.3, 0.4) is 0 Å². The molecular formula is C20H22N2O5S. The number of phenols is 1. The first kappa shape index (κ1) is 19.9. The predicted octanol–water partition coefficient (Wildman–Crippen LogP) is 2.49. The third-order valence-corrected chi connectivity index (χ3v) is 6.54. The van der Waals surface area contributed by atoms with Crippen molar-refractivity contribution in [1.82, 2.24) is 0 Å². The molecule has 0 radical (unpaired) electrons. The van der Waals surface area contributed by atoms with Gasteiger partial charge in [0.25, 0.3) is 0 Å². The number of amides is 2. The molecule has 1 atom stereocenters. The lowest BCUT2D eigenvalue weighted by Gasteiger charge is -2.17. The van der Waals surface area contributed by atoms with Crippen molar-refractivity contribution in [3.8, 4) is 5.75 Å². The molecule has 1 unspecified atom stereocenters. The van der Waals surface area contributed by atoms with Crippen molar-refractivity contribution in [2.45, 2.75) is 25.2 Å². The summed E-state index contributed by atoms with van der Waals surface area (Å²) in [7, 11) is -3.47. The van der Waals surface area contributed by atoms with E-state index in [1.165, 1.54) is 25.1 Å². The second-order valence-electron chi connectivity index (χ2n) is 6.81. The summed E-state index contributed by atoms with van der Waals surface area (Å²) in [4.78, 5) is 26.5. The van der Waals surface area contributed by atoms with E-state index in [1.54, 1.807) is 4.90 Å². The Morgan fingerprint density at radius 1 is 1.21 bits per heavy atom. The van der Waals surface area contributed by atoms with Gasteiger partial charge in [-0.05, 0) is 37.3 Å². The lowest BCUT2D eigenvalue weighted by Crippen LogP contribution is -2.28. The fraction of sp³-hybridized carbons (Fsp3) is 0.300. The molecule has 1 fully saturated rings. The highest BCUT2D eigenvalue weighted by Crippen LogP contribution is 2.30. The zero-order valence-electron chi connectivity index (χ0n) is 15.7. The molecule has 3 rings (SSSR count). The molecule has 2 N–H and O–H groups in total. The highest BCUT2D eigenvalue weighted by atomic mass is 32.2. The third kappa shape index (κ3) is 4.01. The molecule has 1 heterocycles. The fourth-order valence-electron chi connectivity index (χ4n) is 3.07. The first-order chi connectivity index (χ1) is 13.2. The summed E-state index contributed by atoms with van der Waals surface area (Å²) in [6.07, 6.45) is 0.0490. The SMILES string of the molecule is CCS(=O)(=O)c1ccc(O)c(NC(=O)C2CC(=O)N(c3ccc(C)cc3)C2)c1. The number of carbonyl (C=O) groups excluding carboxylic acids is 2. The van der Waals surface area contributed by atoms with Gasteiger partial charge in [0.2, 0.25) is 11.8 Å². The van der Waals surface area contributed by atoms with E-state index in [-0.39, 0.29) is 41.0 Å². The number of aryl methyl sites for hydroxylation is 1. The summed E-state index contributed by atoms with van der Waals surface area (Å²) in [6, 6.07) is 11.2. The van der Waals surface area contributed by atoms with Gasteiger partial charge < -0.3 is 15.3 Å². The summed E-state index contributed by atoms with van der Waals surface area (Å²) >= 11 is 0. The van der Waals surface area contributed by atoms with Gasteiger partial charge in [-0.15, -0.1) is 0 Å². The van der Waals surface area contributed by atoms with Crippen LogP contribution in [0.2, 0.25) is 0 Å². The molecule has 2 aromatic rings. The normalized spacial score (nSPS) is 17.0. The Balaban J connectivity index is 1.76. The second kappa shape index (κ2) is 7.63. The van der Waals surface area contributed by atoms with Crippen LogP contribution in [-0.2, 0) is 19.4 Å². The molecule has 0 bridgehead atoms. The van der Waals surface area contributed by atoms with Crippen LogP contribution < -0.4 is 10.2 Å². The number of aromatic hydroxyl groups is 1. The largest absolute Gasteiger partial charge is 0.506 e. The quantitative estimate of drug-likeness (QED) is 0.748. The van der Waals surface area contributed by atoms with Gasteiger partial charge in [-0.25, -0.2) is 8.42 Å². The maximum Gasteiger partial charge on any atom is 0.229 e. The zero-order chi connectivity index (χ0) is 20.5. The molecule has 7 nitrogen and oxygen atoms in total. The van der Waals surface area contributed by atoms with Crippen molar-refractivity contribution in [3.05, 3.63) is 48.0 Å². The molecule has 1 aliphatic heterocycles. The van der Waals surface area contributed by atoms with Crippen molar-refractivity contribution in [3.63, 3.8) is 0 Å². The minimum Gasteiger partial charge on any atom is -0.506 e. The number of hydrogen-bond donors (Lipinski definition) is 2. The molecule has 0 aliphatic carbocycles. The number of nitrogens with one attached hydrogen (secondary N) is 1. The molecule has 8 heteroatoms. The number of benzene rings is 2. The molecule has 148 valence electrons. The van der Waals surface area contributed by atoms with Crippen molar-refractivity contribution >= 4 is 33.0 Å². The van der Waals surface area contributed by atoms with Crippen LogP contribution in [0.1, 0.15) is 18.9 Å². The molecular weight excluding hydrogens is 380 g/mol. The Morgan fingerprint density at radius 2 is 1.89 bits per heavy atom. The van der Waals surface area contributed by atoms with E-state index in [0.29, 0.717) is 0 Å².